The minimum atomic E-state index is -1.11. The van der Waals surface area contributed by atoms with E-state index in [2.05, 4.69) is 0 Å². The molecule has 62 valence electrons. The number of hydrogen-bond acceptors (Lipinski definition) is 3. The Morgan fingerprint density at radius 3 is 2.27 bits per heavy atom. The first-order chi connectivity index (χ1) is 5.04. The molecule has 1 unspecified atom stereocenters. The smallest absolute Gasteiger partial charge is 0.258 e. The number of rotatable bonds is 1. The summed E-state index contributed by atoms with van der Waals surface area (Å²) in [5.41, 5.74) is 0. The van der Waals surface area contributed by atoms with Gasteiger partial charge in [0, 0.05) is 6.04 Å². The number of likely N-dealkylation sites (tertiary alicyclic amines) is 1. The van der Waals surface area contributed by atoms with Crippen molar-refractivity contribution < 1.29 is 14.7 Å². The Bertz CT molecular complexity index is 200. The van der Waals surface area contributed by atoms with Crippen LogP contribution in [0.5, 0.6) is 0 Å². The molecule has 1 heterocycles. The molecule has 1 rings (SSSR count). The van der Waals surface area contributed by atoms with E-state index in [1.807, 2.05) is 0 Å². The van der Waals surface area contributed by atoms with Gasteiger partial charge in [0.25, 0.3) is 5.91 Å². The van der Waals surface area contributed by atoms with E-state index in [0.29, 0.717) is 0 Å². The molecule has 1 N–H and O–H groups in total. The van der Waals surface area contributed by atoms with Crippen LogP contribution >= 0.6 is 0 Å². The minimum Gasteiger partial charge on any atom is -0.383 e. The van der Waals surface area contributed by atoms with Crippen LogP contribution in [-0.2, 0) is 9.59 Å². The molecule has 0 aromatic heterocycles. The number of imide groups is 1. The zero-order valence-electron chi connectivity index (χ0n) is 6.57. The highest BCUT2D eigenvalue weighted by Crippen LogP contribution is 2.15. The van der Waals surface area contributed by atoms with Crippen LogP contribution < -0.4 is 0 Å². The molecule has 0 aliphatic carbocycles. The van der Waals surface area contributed by atoms with E-state index in [1.165, 1.54) is 0 Å². The molecule has 4 heteroatoms. The molecule has 1 fully saturated rings. The molecule has 4 nitrogen and oxygen atoms in total. The lowest BCUT2D eigenvalue weighted by molar-refractivity contribution is -0.142. The Balaban J connectivity index is 2.80. The number of nitrogens with zero attached hydrogens (tertiary/aromatic N) is 1. The van der Waals surface area contributed by atoms with Crippen LogP contribution in [0.4, 0.5) is 0 Å². The van der Waals surface area contributed by atoms with Crippen LogP contribution in [0, 0.1) is 0 Å². The van der Waals surface area contributed by atoms with Crippen molar-refractivity contribution in [1.29, 1.82) is 0 Å². The second kappa shape index (κ2) is 2.62. The van der Waals surface area contributed by atoms with Gasteiger partial charge in [0.05, 0.1) is 6.42 Å². The number of aliphatic hydroxyl groups is 1. The molecular formula is C7H11NO3. The van der Waals surface area contributed by atoms with Crippen LogP contribution in [0.2, 0.25) is 0 Å². The quantitative estimate of drug-likeness (QED) is 0.523. The zero-order valence-corrected chi connectivity index (χ0v) is 6.57. The summed E-state index contributed by atoms with van der Waals surface area (Å²) in [6.07, 6.45) is -1.17. The highest BCUT2D eigenvalue weighted by molar-refractivity contribution is 6.05. The largest absolute Gasteiger partial charge is 0.383 e. The van der Waals surface area contributed by atoms with Crippen LogP contribution in [0.1, 0.15) is 20.3 Å². The molecule has 0 spiro atoms. The van der Waals surface area contributed by atoms with Crippen molar-refractivity contribution >= 4 is 11.8 Å². The Morgan fingerprint density at radius 2 is 2.09 bits per heavy atom. The van der Waals surface area contributed by atoms with Gasteiger partial charge >= 0.3 is 0 Å². The Morgan fingerprint density at radius 1 is 1.55 bits per heavy atom. The van der Waals surface area contributed by atoms with Gasteiger partial charge < -0.3 is 5.11 Å². The van der Waals surface area contributed by atoms with E-state index >= 15 is 0 Å². The van der Waals surface area contributed by atoms with Crippen LogP contribution in [-0.4, -0.2) is 34.0 Å². The predicted molar refractivity (Wildman–Crippen MR) is 37.6 cm³/mol. The number of hydrogen-bond donors (Lipinski definition) is 1. The SMILES string of the molecule is CC(C)N1C(=O)CC(O)C1=O. The average molecular weight is 157 g/mol. The third-order valence-corrected chi connectivity index (χ3v) is 1.68. The van der Waals surface area contributed by atoms with E-state index in [0.717, 1.165) is 4.90 Å². The number of carbonyl (C=O) groups excluding carboxylic acids is 2. The van der Waals surface area contributed by atoms with Gasteiger partial charge in [-0.2, -0.15) is 0 Å². The second-order valence-electron chi connectivity index (χ2n) is 2.92. The van der Waals surface area contributed by atoms with Gasteiger partial charge in [0.1, 0.15) is 6.10 Å². The van der Waals surface area contributed by atoms with Gasteiger partial charge in [-0.25, -0.2) is 0 Å². The predicted octanol–water partition coefficient (Wildman–Crippen LogP) is -0.485. The van der Waals surface area contributed by atoms with E-state index < -0.39 is 12.0 Å². The fourth-order valence-corrected chi connectivity index (χ4v) is 1.18. The third kappa shape index (κ3) is 1.26. The first kappa shape index (κ1) is 8.20. The van der Waals surface area contributed by atoms with E-state index in [-0.39, 0.29) is 18.4 Å². The molecule has 11 heavy (non-hydrogen) atoms. The minimum absolute atomic E-state index is 0.0585. The molecule has 0 bridgehead atoms. The second-order valence-corrected chi connectivity index (χ2v) is 2.92. The van der Waals surface area contributed by atoms with Crippen molar-refractivity contribution in [3.63, 3.8) is 0 Å². The van der Waals surface area contributed by atoms with Crippen molar-refractivity contribution in [3.8, 4) is 0 Å². The molecule has 0 aromatic carbocycles. The summed E-state index contributed by atoms with van der Waals surface area (Å²) >= 11 is 0. The Kier molecular flexibility index (Phi) is 1.95. The highest BCUT2D eigenvalue weighted by Gasteiger charge is 2.38. The van der Waals surface area contributed by atoms with Crippen molar-refractivity contribution in [3.05, 3.63) is 0 Å². The van der Waals surface area contributed by atoms with Gasteiger partial charge in [0.15, 0.2) is 0 Å². The normalized spacial score (nSPS) is 25.5. The molecule has 1 saturated heterocycles. The standard InChI is InChI=1S/C7H11NO3/c1-4(2)8-6(10)3-5(9)7(8)11/h4-5,9H,3H2,1-2H3. The van der Waals surface area contributed by atoms with Crippen LogP contribution in [0.25, 0.3) is 0 Å². The first-order valence-corrected chi connectivity index (χ1v) is 3.58. The molecule has 0 radical (unpaired) electrons. The summed E-state index contributed by atoms with van der Waals surface area (Å²) in [7, 11) is 0. The van der Waals surface area contributed by atoms with Gasteiger partial charge in [0.2, 0.25) is 5.91 Å². The summed E-state index contributed by atoms with van der Waals surface area (Å²) in [6.45, 7) is 3.49. The summed E-state index contributed by atoms with van der Waals surface area (Å²) in [5.74, 6) is -0.748. The van der Waals surface area contributed by atoms with E-state index in [9.17, 15) is 9.59 Å². The first-order valence-electron chi connectivity index (χ1n) is 3.58. The number of amides is 2. The van der Waals surface area contributed by atoms with Crippen molar-refractivity contribution in [2.75, 3.05) is 0 Å². The maximum atomic E-state index is 11.0. The maximum absolute atomic E-state index is 11.0. The summed E-state index contributed by atoms with van der Waals surface area (Å²) in [5, 5.41) is 8.98. The van der Waals surface area contributed by atoms with E-state index in [4.69, 9.17) is 5.11 Å². The number of carbonyl (C=O) groups is 2. The zero-order chi connectivity index (χ0) is 8.59. The lowest BCUT2D eigenvalue weighted by Gasteiger charge is -2.17. The maximum Gasteiger partial charge on any atom is 0.258 e. The van der Waals surface area contributed by atoms with Crippen LogP contribution in [0.3, 0.4) is 0 Å². The lowest BCUT2D eigenvalue weighted by atomic mass is 10.3. The van der Waals surface area contributed by atoms with Crippen molar-refractivity contribution in [2.24, 2.45) is 0 Å². The summed E-state index contributed by atoms with van der Waals surface area (Å²) < 4.78 is 0. The topological polar surface area (TPSA) is 57.6 Å². The molecule has 1 aliphatic rings. The molecule has 0 aromatic rings. The highest BCUT2D eigenvalue weighted by atomic mass is 16.3. The monoisotopic (exact) mass is 157 g/mol. The van der Waals surface area contributed by atoms with Gasteiger partial charge in [-0.3, -0.25) is 14.5 Å². The number of aliphatic hydroxyl groups excluding tert-OH is 1. The van der Waals surface area contributed by atoms with Gasteiger partial charge in [-0.05, 0) is 13.8 Å². The fourth-order valence-electron chi connectivity index (χ4n) is 1.18. The average Bonchev–Trinajstić information content (AvgIpc) is 2.07. The molecule has 2 amide bonds. The van der Waals surface area contributed by atoms with Crippen LogP contribution in [0.15, 0.2) is 0 Å². The van der Waals surface area contributed by atoms with Gasteiger partial charge in [-0.15, -0.1) is 0 Å². The molecule has 0 saturated carbocycles. The Labute approximate surface area is 64.8 Å². The molecule has 1 aliphatic heterocycles. The summed E-state index contributed by atoms with van der Waals surface area (Å²) in [4.78, 5) is 23.1. The van der Waals surface area contributed by atoms with E-state index in [1.54, 1.807) is 13.8 Å². The van der Waals surface area contributed by atoms with Gasteiger partial charge in [-0.1, -0.05) is 0 Å². The van der Waals surface area contributed by atoms with Crippen molar-refractivity contribution in [1.82, 2.24) is 4.90 Å². The van der Waals surface area contributed by atoms with Crippen molar-refractivity contribution in [2.45, 2.75) is 32.4 Å². The third-order valence-electron chi connectivity index (χ3n) is 1.68. The lowest BCUT2D eigenvalue weighted by Crippen LogP contribution is -2.37. The fraction of sp³-hybridized carbons (Fsp3) is 0.714. The molecule has 1 atom stereocenters. The Hall–Kier alpha value is -0.900. The molecular weight excluding hydrogens is 146 g/mol. The summed E-state index contributed by atoms with van der Waals surface area (Å²) in [6, 6.07) is -0.146.